The molecule has 6 heteroatoms. The highest BCUT2D eigenvalue weighted by atomic mass is 19.1. The number of rotatable bonds is 6. The number of aliphatic hydroxyl groups excluding tert-OH is 1. The van der Waals surface area contributed by atoms with E-state index in [-0.39, 0.29) is 5.82 Å². The molecule has 0 unspecified atom stereocenters. The van der Waals surface area contributed by atoms with E-state index in [2.05, 4.69) is 0 Å². The maximum atomic E-state index is 13.2. The average Bonchev–Trinajstić information content (AvgIpc) is 2.92. The van der Waals surface area contributed by atoms with Crippen molar-refractivity contribution < 1.29 is 24.2 Å². The van der Waals surface area contributed by atoms with Crippen LogP contribution in [0.3, 0.4) is 0 Å². The molecule has 0 saturated heterocycles. The molecule has 2 aromatic rings. The van der Waals surface area contributed by atoms with Crippen LogP contribution in [0.4, 0.5) is 4.39 Å². The van der Waals surface area contributed by atoms with Crippen molar-refractivity contribution in [2.45, 2.75) is 6.54 Å². The molecule has 0 aliphatic carbocycles. The van der Waals surface area contributed by atoms with Crippen molar-refractivity contribution in [2.24, 2.45) is 0 Å². The van der Waals surface area contributed by atoms with Crippen LogP contribution in [-0.2, 0) is 16.1 Å². The first-order chi connectivity index (χ1) is 11.0. The molecular weight excluding hydrogens is 301 g/mol. The minimum Gasteiger partial charge on any atom is -0.502 e. The van der Waals surface area contributed by atoms with E-state index in [1.54, 1.807) is 35.0 Å². The summed E-state index contributed by atoms with van der Waals surface area (Å²) in [6, 6.07) is 9.71. The van der Waals surface area contributed by atoms with Crippen LogP contribution >= 0.6 is 0 Å². The maximum absolute atomic E-state index is 13.2. The van der Waals surface area contributed by atoms with Crippen LogP contribution in [0.1, 0.15) is 11.3 Å². The molecule has 118 valence electrons. The van der Waals surface area contributed by atoms with Crippen LogP contribution < -0.4 is 0 Å². The molecule has 0 spiro atoms. The summed E-state index contributed by atoms with van der Waals surface area (Å²) in [7, 11) is 0. The average molecular weight is 315 g/mol. The summed E-state index contributed by atoms with van der Waals surface area (Å²) in [5.74, 6) is -3.56. The predicted octanol–water partition coefficient (Wildman–Crippen LogP) is 2.78. The normalized spacial score (nSPS) is 11.8. The minimum absolute atomic E-state index is 0.323. The molecule has 0 amide bonds. The van der Waals surface area contributed by atoms with Crippen LogP contribution in [0.5, 0.6) is 0 Å². The second kappa shape index (κ2) is 7.22. The Morgan fingerprint density at radius 3 is 2.65 bits per heavy atom. The molecular formula is C17H14FNO4. The number of aliphatic hydroxyl groups is 1. The molecule has 2 N–H and O–H groups in total. The first-order valence-corrected chi connectivity index (χ1v) is 6.71. The van der Waals surface area contributed by atoms with E-state index in [1.807, 2.05) is 0 Å². The molecule has 5 nitrogen and oxygen atoms in total. The van der Waals surface area contributed by atoms with Gasteiger partial charge in [0.1, 0.15) is 5.82 Å². The molecule has 0 saturated carbocycles. The third kappa shape index (κ3) is 4.67. The zero-order valence-electron chi connectivity index (χ0n) is 12.0. The molecule has 0 bridgehead atoms. The van der Waals surface area contributed by atoms with Gasteiger partial charge in [-0.3, -0.25) is 4.79 Å². The Labute approximate surface area is 131 Å². The molecule has 0 aliphatic heterocycles. The summed E-state index contributed by atoms with van der Waals surface area (Å²) in [5.41, 5.74) is 1.46. The quantitative estimate of drug-likeness (QED) is 0.634. The molecule has 1 aromatic heterocycles. The van der Waals surface area contributed by atoms with Crippen molar-refractivity contribution in [3.63, 3.8) is 0 Å². The number of carbonyl (C=O) groups excluding carboxylic acids is 1. The van der Waals surface area contributed by atoms with Gasteiger partial charge in [-0.15, -0.1) is 0 Å². The van der Waals surface area contributed by atoms with Crippen LogP contribution in [0.2, 0.25) is 0 Å². The summed E-state index contributed by atoms with van der Waals surface area (Å²) < 4.78 is 15.0. The van der Waals surface area contributed by atoms with Crippen LogP contribution in [-0.4, -0.2) is 26.5 Å². The van der Waals surface area contributed by atoms with Gasteiger partial charge in [0.2, 0.25) is 5.76 Å². The van der Waals surface area contributed by atoms with Gasteiger partial charge >= 0.3 is 5.97 Å². The van der Waals surface area contributed by atoms with E-state index >= 15 is 0 Å². The summed E-state index contributed by atoms with van der Waals surface area (Å²) in [5, 5.41) is 17.5. The van der Waals surface area contributed by atoms with Gasteiger partial charge in [0.15, 0.2) is 5.78 Å². The van der Waals surface area contributed by atoms with Crippen molar-refractivity contribution in [3.05, 3.63) is 77.6 Å². The Bertz CT molecular complexity index is 789. The van der Waals surface area contributed by atoms with Gasteiger partial charge in [-0.05, 0) is 42.0 Å². The van der Waals surface area contributed by atoms with Gasteiger partial charge < -0.3 is 14.8 Å². The zero-order valence-corrected chi connectivity index (χ0v) is 12.0. The van der Waals surface area contributed by atoms with Gasteiger partial charge in [0, 0.05) is 24.5 Å². The van der Waals surface area contributed by atoms with E-state index in [0.717, 1.165) is 11.6 Å². The fourth-order valence-electron chi connectivity index (χ4n) is 1.97. The van der Waals surface area contributed by atoms with Gasteiger partial charge in [-0.25, -0.2) is 9.18 Å². The van der Waals surface area contributed by atoms with Crippen molar-refractivity contribution in [3.8, 4) is 0 Å². The molecule has 1 heterocycles. The monoisotopic (exact) mass is 315 g/mol. The van der Waals surface area contributed by atoms with Crippen molar-refractivity contribution in [1.82, 2.24) is 4.57 Å². The number of carboxylic acid groups (broad SMARTS) is 1. The Hall–Kier alpha value is -3.15. The summed E-state index contributed by atoms with van der Waals surface area (Å²) in [4.78, 5) is 21.9. The number of benzene rings is 1. The molecule has 0 radical (unpaired) electrons. The van der Waals surface area contributed by atoms with Crippen molar-refractivity contribution in [2.75, 3.05) is 0 Å². The lowest BCUT2D eigenvalue weighted by atomic mass is 10.2. The topological polar surface area (TPSA) is 79.5 Å². The highest BCUT2D eigenvalue weighted by Gasteiger charge is 2.06. The number of halogens is 1. The standard InChI is InChI=1S/C17H14FNO4/c18-13-4-1-3-12(9-13)11-19-8-2-5-14(19)6-7-15(20)10-16(21)17(22)23/h1-10,21H,11H2,(H,22,23)/b7-6+,16-10?. The second-order valence-electron chi connectivity index (χ2n) is 4.76. The van der Waals surface area contributed by atoms with Gasteiger partial charge in [0.05, 0.1) is 0 Å². The number of ketones is 1. The fraction of sp³-hybridized carbons (Fsp3) is 0.0588. The van der Waals surface area contributed by atoms with Crippen LogP contribution in [0.25, 0.3) is 6.08 Å². The highest BCUT2D eigenvalue weighted by molar-refractivity contribution is 6.05. The number of allylic oxidation sites excluding steroid dienone is 2. The molecule has 2 rings (SSSR count). The molecule has 23 heavy (non-hydrogen) atoms. The number of carboxylic acids is 1. The van der Waals surface area contributed by atoms with Crippen molar-refractivity contribution in [1.29, 1.82) is 0 Å². The number of carbonyl (C=O) groups is 2. The minimum atomic E-state index is -1.57. The third-order valence-electron chi connectivity index (χ3n) is 3.02. The highest BCUT2D eigenvalue weighted by Crippen LogP contribution is 2.11. The largest absolute Gasteiger partial charge is 0.502 e. The van der Waals surface area contributed by atoms with Crippen molar-refractivity contribution >= 4 is 17.8 Å². The third-order valence-corrected chi connectivity index (χ3v) is 3.02. The van der Waals surface area contributed by atoms with E-state index in [4.69, 9.17) is 10.2 Å². The Balaban J connectivity index is 2.12. The van der Waals surface area contributed by atoms with Crippen LogP contribution in [0.15, 0.2) is 60.5 Å². The number of aliphatic carboxylic acids is 1. The first kappa shape index (κ1) is 16.2. The Morgan fingerprint density at radius 1 is 1.17 bits per heavy atom. The molecule has 0 atom stereocenters. The smallest absolute Gasteiger partial charge is 0.371 e. The molecule has 0 aliphatic rings. The lowest BCUT2D eigenvalue weighted by Gasteiger charge is -2.06. The maximum Gasteiger partial charge on any atom is 0.371 e. The number of hydrogen-bond acceptors (Lipinski definition) is 3. The van der Waals surface area contributed by atoms with E-state index in [1.165, 1.54) is 18.2 Å². The Morgan fingerprint density at radius 2 is 1.96 bits per heavy atom. The predicted molar refractivity (Wildman–Crippen MR) is 82.3 cm³/mol. The fourth-order valence-corrected chi connectivity index (χ4v) is 1.97. The number of hydrogen-bond donors (Lipinski definition) is 2. The van der Waals surface area contributed by atoms with E-state index in [9.17, 15) is 14.0 Å². The first-order valence-electron chi connectivity index (χ1n) is 6.71. The number of nitrogens with zero attached hydrogens (tertiary/aromatic N) is 1. The summed E-state index contributed by atoms with van der Waals surface area (Å²) in [6.07, 6.45) is 5.04. The second-order valence-corrected chi connectivity index (χ2v) is 4.76. The summed E-state index contributed by atoms with van der Waals surface area (Å²) >= 11 is 0. The molecule has 0 fully saturated rings. The van der Waals surface area contributed by atoms with Gasteiger partial charge in [0.25, 0.3) is 0 Å². The van der Waals surface area contributed by atoms with Gasteiger partial charge in [-0.1, -0.05) is 12.1 Å². The lowest BCUT2D eigenvalue weighted by Crippen LogP contribution is -2.02. The summed E-state index contributed by atoms with van der Waals surface area (Å²) in [6.45, 7) is 0.425. The van der Waals surface area contributed by atoms with Gasteiger partial charge in [-0.2, -0.15) is 0 Å². The van der Waals surface area contributed by atoms with E-state index < -0.39 is 17.5 Å². The Kier molecular flexibility index (Phi) is 5.09. The SMILES string of the molecule is O=C(C=C(O)C(=O)O)/C=C/c1cccn1Cc1cccc(F)c1. The van der Waals surface area contributed by atoms with Crippen LogP contribution in [0, 0.1) is 5.82 Å². The zero-order chi connectivity index (χ0) is 16.8. The number of aromatic nitrogens is 1. The lowest BCUT2D eigenvalue weighted by molar-refractivity contribution is -0.135. The molecule has 1 aromatic carbocycles. The van der Waals surface area contributed by atoms with E-state index in [0.29, 0.717) is 18.3 Å².